The number of hydrogen-bond donors (Lipinski definition) is 1. The van der Waals surface area contributed by atoms with Crippen LogP contribution in [0.4, 0.5) is 10.9 Å². The van der Waals surface area contributed by atoms with E-state index in [1.54, 1.807) is 6.92 Å². The predicted octanol–water partition coefficient (Wildman–Crippen LogP) is 1.86. The van der Waals surface area contributed by atoms with E-state index in [-0.39, 0.29) is 34.4 Å². The topological polar surface area (TPSA) is 173 Å². The summed E-state index contributed by atoms with van der Waals surface area (Å²) in [5.41, 5.74) is 0.404. The summed E-state index contributed by atoms with van der Waals surface area (Å²) < 4.78 is 12.4. The van der Waals surface area contributed by atoms with Crippen molar-refractivity contribution < 1.29 is 28.8 Å². The van der Waals surface area contributed by atoms with E-state index in [1.165, 1.54) is 28.7 Å². The molecule has 174 valence electrons. The average Bonchev–Trinajstić information content (AvgIpc) is 3.51. The van der Waals surface area contributed by atoms with E-state index in [9.17, 15) is 24.5 Å². The molecule has 3 aromatic rings. The summed E-state index contributed by atoms with van der Waals surface area (Å²) in [5, 5.41) is 21.2. The number of ether oxygens (including phenoxy) is 2. The Balaban J connectivity index is 1.81. The van der Waals surface area contributed by atoms with Crippen molar-refractivity contribution in [1.82, 2.24) is 24.5 Å². The fourth-order valence-corrected chi connectivity index (χ4v) is 3.82. The van der Waals surface area contributed by atoms with Crippen LogP contribution in [0.5, 0.6) is 0 Å². The van der Waals surface area contributed by atoms with Gasteiger partial charge in [0.15, 0.2) is 12.4 Å². The zero-order chi connectivity index (χ0) is 24.1. The van der Waals surface area contributed by atoms with Crippen LogP contribution in [0.15, 0.2) is 18.6 Å². The van der Waals surface area contributed by atoms with Crippen LogP contribution in [0.3, 0.4) is 0 Å². The molecule has 3 heterocycles. The number of thiophene rings is 1. The van der Waals surface area contributed by atoms with Gasteiger partial charge in [-0.25, -0.2) is 14.3 Å². The van der Waals surface area contributed by atoms with Crippen LogP contribution in [-0.4, -0.2) is 61.0 Å². The van der Waals surface area contributed by atoms with Crippen LogP contribution >= 0.6 is 11.3 Å². The molecule has 0 atom stereocenters. The van der Waals surface area contributed by atoms with Crippen molar-refractivity contribution in [3.05, 3.63) is 50.4 Å². The molecule has 14 nitrogen and oxygen atoms in total. The summed E-state index contributed by atoms with van der Waals surface area (Å²) in [7, 11) is 1.21. The van der Waals surface area contributed by atoms with Gasteiger partial charge in [0.2, 0.25) is 6.33 Å². The van der Waals surface area contributed by atoms with E-state index < -0.39 is 28.7 Å². The SMILES string of the molecule is CCCOC(=O)c1c(NC(=O)c2ccn(Cn3cnc([N+](=O)[O-])n3)n2)sc(C(=O)OC)c1C. The van der Waals surface area contributed by atoms with Crippen LogP contribution in [0.25, 0.3) is 0 Å². The number of nitrogens with one attached hydrogen (secondary N) is 1. The van der Waals surface area contributed by atoms with Crippen LogP contribution in [0.2, 0.25) is 0 Å². The van der Waals surface area contributed by atoms with Crippen LogP contribution < -0.4 is 5.32 Å². The van der Waals surface area contributed by atoms with Gasteiger partial charge < -0.3 is 24.9 Å². The Hall–Kier alpha value is -4.14. The maximum Gasteiger partial charge on any atom is 0.491 e. The zero-order valence-electron chi connectivity index (χ0n) is 17.8. The lowest BCUT2D eigenvalue weighted by molar-refractivity contribution is -0.394. The maximum absolute atomic E-state index is 12.7. The van der Waals surface area contributed by atoms with Gasteiger partial charge in [-0.1, -0.05) is 11.9 Å². The number of anilines is 1. The molecule has 0 aliphatic heterocycles. The smallest absolute Gasteiger partial charge is 0.465 e. The van der Waals surface area contributed by atoms with Crippen molar-refractivity contribution in [2.24, 2.45) is 0 Å². The van der Waals surface area contributed by atoms with Gasteiger partial charge in [-0.15, -0.1) is 11.3 Å². The Bertz CT molecular complexity index is 1210. The number of esters is 2. The van der Waals surface area contributed by atoms with Crippen molar-refractivity contribution in [2.75, 3.05) is 19.0 Å². The fraction of sp³-hybridized carbons (Fsp3) is 0.333. The van der Waals surface area contributed by atoms with Crippen molar-refractivity contribution in [1.29, 1.82) is 0 Å². The van der Waals surface area contributed by atoms with Crippen molar-refractivity contribution in [3.8, 4) is 0 Å². The number of carbonyl (C=O) groups excluding carboxylic acids is 3. The van der Waals surface area contributed by atoms with Gasteiger partial charge in [-0.3, -0.25) is 4.79 Å². The Labute approximate surface area is 190 Å². The maximum atomic E-state index is 12.7. The fourth-order valence-electron chi connectivity index (χ4n) is 2.72. The van der Waals surface area contributed by atoms with E-state index in [2.05, 4.69) is 20.5 Å². The molecule has 33 heavy (non-hydrogen) atoms. The van der Waals surface area contributed by atoms with Crippen LogP contribution in [0.1, 0.15) is 49.4 Å². The second-order valence-electron chi connectivity index (χ2n) is 6.56. The Morgan fingerprint density at radius 3 is 2.64 bits per heavy atom. The molecule has 0 aromatic carbocycles. The number of hydrogen-bond acceptors (Lipinski definition) is 11. The second-order valence-corrected chi connectivity index (χ2v) is 7.59. The monoisotopic (exact) mass is 477 g/mol. The van der Waals surface area contributed by atoms with E-state index in [4.69, 9.17) is 9.47 Å². The van der Waals surface area contributed by atoms with Gasteiger partial charge in [0, 0.05) is 11.3 Å². The minimum Gasteiger partial charge on any atom is -0.465 e. The lowest BCUT2D eigenvalue weighted by Crippen LogP contribution is -2.17. The highest BCUT2D eigenvalue weighted by molar-refractivity contribution is 7.18. The highest BCUT2D eigenvalue weighted by Crippen LogP contribution is 2.34. The average molecular weight is 477 g/mol. The zero-order valence-corrected chi connectivity index (χ0v) is 18.6. The summed E-state index contributed by atoms with van der Waals surface area (Å²) in [6.45, 7) is 3.56. The Kier molecular flexibility index (Phi) is 7.12. The molecule has 1 N–H and O–H groups in total. The van der Waals surface area contributed by atoms with Crippen molar-refractivity contribution in [2.45, 2.75) is 26.9 Å². The highest BCUT2D eigenvalue weighted by Gasteiger charge is 2.27. The molecule has 0 radical (unpaired) electrons. The van der Waals surface area contributed by atoms with Gasteiger partial charge >= 0.3 is 17.9 Å². The molecule has 0 saturated carbocycles. The molecule has 1 amide bonds. The molecule has 15 heteroatoms. The molecule has 0 bridgehead atoms. The third-order valence-corrected chi connectivity index (χ3v) is 5.42. The summed E-state index contributed by atoms with van der Waals surface area (Å²) in [4.78, 5) is 51.0. The van der Waals surface area contributed by atoms with E-state index in [0.29, 0.717) is 12.0 Å². The first-order valence-electron chi connectivity index (χ1n) is 9.52. The lowest BCUT2D eigenvalue weighted by Gasteiger charge is -2.07. The first-order chi connectivity index (χ1) is 15.7. The summed E-state index contributed by atoms with van der Waals surface area (Å²) >= 11 is 0.890. The number of methoxy groups -OCH3 is 1. The molecule has 3 rings (SSSR count). The molecule has 0 fully saturated rings. The molecule has 0 aliphatic carbocycles. The number of nitrogens with zero attached hydrogens (tertiary/aromatic N) is 6. The molecule has 0 unspecified atom stereocenters. The Morgan fingerprint density at radius 2 is 2.00 bits per heavy atom. The van der Waals surface area contributed by atoms with Gasteiger partial charge in [0.05, 0.1) is 19.3 Å². The molecule has 0 aliphatic rings. The second kappa shape index (κ2) is 9.99. The number of nitro groups is 1. The quantitative estimate of drug-likeness (QED) is 0.272. The van der Waals surface area contributed by atoms with Gasteiger partial charge in [0.1, 0.15) is 9.88 Å². The van der Waals surface area contributed by atoms with E-state index in [1.807, 2.05) is 6.92 Å². The van der Waals surface area contributed by atoms with Crippen LogP contribution in [0, 0.1) is 17.0 Å². The normalized spacial score (nSPS) is 10.6. The standard InChI is InChI=1S/C18H19N7O7S/c1-4-7-32-16(27)12-10(2)13(17(28)31-3)33-15(12)20-14(26)11-5-6-23(21-11)9-24-8-19-18(22-24)25(29)30/h5-6,8H,4,7,9H2,1-3H3,(H,20,26). The third-order valence-electron chi connectivity index (χ3n) is 4.24. The number of carbonyl (C=O) groups is 3. The summed E-state index contributed by atoms with van der Waals surface area (Å²) in [6, 6.07) is 1.41. The van der Waals surface area contributed by atoms with Crippen molar-refractivity contribution in [3.63, 3.8) is 0 Å². The molecular weight excluding hydrogens is 458 g/mol. The molecular formula is C18H19N7O7S. The number of aromatic nitrogens is 5. The lowest BCUT2D eigenvalue weighted by atomic mass is 10.1. The minimum absolute atomic E-state index is 0.00293. The Morgan fingerprint density at radius 1 is 1.24 bits per heavy atom. The largest absolute Gasteiger partial charge is 0.491 e. The molecule has 3 aromatic heterocycles. The number of rotatable bonds is 9. The van der Waals surface area contributed by atoms with Crippen molar-refractivity contribution >= 4 is 40.1 Å². The van der Waals surface area contributed by atoms with Gasteiger partial charge in [0.25, 0.3) is 5.91 Å². The van der Waals surface area contributed by atoms with Crippen LogP contribution in [-0.2, 0) is 16.1 Å². The summed E-state index contributed by atoms with van der Waals surface area (Å²) in [5.74, 6) is -2.51. The van der Waals surface area contributed by atoms with Gasteiger partial charge in [-0.05, 0) is 29.9 Å². The first-order valence-corrected chi connectivity index (χ1v) is 10.3. The minimum atomic E-state index is -0.729. The number of amides is 1. The predicted molar refractivity (Wildman–Crippen MR) is 113 cm³/mol. The summed E-state index contributed by atoms with van der Waals surface area (Å²) in [6.07, 6.45) is 3.24. The van der Waals surface area contributed by atoms with E-state index in [0.717, 1.165) is 17.7 Å². The molecule has 0 spiro atoms. The van der Waals surface area contributed by atoms with Gasteiger partial charge in [-0.2, -0.15) is 9.78 Å². The highest BCUT2D eigenvalue weighted by atomic mass is 32.1. The first kappa shape index (κ1) is 23.5. The third kappa shape index (κ3) is 5.20. The van der Waals surface area contributed by atoms with E-state index >= 15 is 0 Å². The molecule has 0 saturated heterocycles.